The number of piperazine rings is 1. The molecule has 1 aliphatic heterocycles. The zero-order valence-electron chi connectivity index (χ0n) is 23.0. The molecule has 3 heterocycles. The molecule has 1 fully saturated rings. The molecule has 1 N–H and O–H groups in total. The molecular formula is C31H33N7O2S. The van der Waals surface area contributed by atoms with E-state index in [4.69, 9.17) is 9.97 Å². The molecule has 41 heavy (non-hydrogen) atoms. The first-order valence-electron chi connectivity index (χ1n) is 13.9. The number of hydrogen-bond donors (Lipinski definition) is 1. The fraction of sp³-hybridized carbons (Fsp3) is 0.258. The van der Waals surface area contributed by atoms with Crippen LogP contribution in [-0.2, 0) is 16.4 Å². The number of rotatable bonds is 9. The van der Waals surface area contributed by atoms with E-state index in [9.17, 15) is 8.42 Å². The third-order valence-electron chi connectivity index (χ3n) is 7.61. The van der Waals surface area contributed by atoms with E-state index in [1.165, 1.54) is 5.56 Å². The molecule has 0 bridgehead atoms. The van der Waals surface area contributed by atoms with Gasteiger partial charge in [-0.2, -0.15) is 9.40 Å². The number of nitrogens with zero attached hydrogens (tertiary/aromatic N) is 6. The molecule has 9 nitrogen and oxygen atoms in total. The van der Waals surface area contributed by atoms with Gasteiger partial charge in [0, 0.05) is 50.5 Å². The summed E-state index contributed by atoms with van der Waals surface area (Å²) in [4.78, 5) is 12.4. The maximum Gasteiger partial charge on any atom is 0.243 e. The largest absolute Gasteiger partial charge is 0.369 e. The molecule has 2 aromatic heterocycles. The lowest BCUT2D eigenvalue weighted by Crippen LogP contribution is -2.49. The van der Waals surface area contributed by atoms with Crippen LogP contribution in [0.25, 0.3) is 16.6 Å². The smallest absolute Gasteiger partial charge is 0.243 e. The van der Waals surface area contributed by atoms with E-state index in [2.05, 4.69) is 46.5 Å². The Hall–Kier alpha value is -4.12. The van der Waals surface area contributed by atoms with Crippen molar-refractivity contribution < 1.29 is 8.42 Å². The van der Waals surface area contributed by atoms with Crippen molar-refractivity contribution in [3.8, 4) is 5.69 Å². The zero-order chi connectivity index (χ0) is 28.2. The van der Waals surface area contributed by atoms with Crippen LogP contribution in [0, 0.1) is 0 Å². The van der Waals surface area contributed by atoms with Crippen LogP contribution in [0.15, 0.2) is 102 Å². The third-order valence-corrected chi connectivity index (χ3v) is 9.52. The number of para-hydroxylation sites is 1. The van der Waals surface area contributed by atoms with Gasteiger partial charge < -0.3 is 5.32 Å². The van der Waals surface area contributed by atoms with Crippen LogP contribution < -0.4 is 5.32 Å². The van der Waals surface area contributed by atoms with E-state index in [-0.39, 0.29) is 6.04 Å². The predicted octanol–water partition coefficient (Wildman–Crippen LogP) is 4.54. The molecule has 0 spiro atoms. The average Bonchev–Trinajstić information content (AvgIpc) is 3.57. The van der Waals surface area contributed by atoms with E-state index in [0.717, 1.165) is 41.2 Å². The first kappa shape index (κ1) is 27.1. The molecule has 0 saturated carbocycles. The van der Waals surface area contributed by atoms with Crippen LogP contribution in [0.5, 0.6) is 0 Å². The second-order valence-electron chi connectivity index (χ2n) is 10.2. The maximum atomic E-state index is 13.4. The molecule has 0 radical (unpaired) electrons. The van der Waals surface area contributed by atoms with Crippen molar-refractivity contribution in [2.24, 2.45) is 0 Å². The van der Waals surface area contributed by atoms with Crippen LogP contribution >= 0.6 is 0 Å². The van der Waals surface area contributed by atoms with E-state index in [1.54, 1.807) is 39.4 Å². The Morgan fingerprint density at radius 2 is 1.59 bits per heavy atom. The summed E-state index contributed by atoms with van der Waals surface area (Å²) in [5.41, 5.74) is 2.98. The Balaban J connectivity index is 1.13. The second kappa shape index (κ2) is 11.8. The number of hydrogen-bond acceptors (Lipinski definition) is 7. The van der Waals surface area contributed by atoms with Crippen LogP contribution in [0.1, 0.15) is 24.4 Å². The van der Waals surface area contributed by atoms with Gasteiger partial charge in [0.05, 0.1) is 22.1 Å². The molecule has 1 saturated heterocycles. The van der Waals surface area contributed by atoms with Crippen LogP contribution in [0.4, 0.5) is 5.82 Å². The highest BCUT2D eigenvalue weighted by molar-refractivity contribution is 7.89. The minimum absolute atomic E-state index is 0.0625. The number of benzene rings is 3. The van der Waals surface area contributed by atoms with Gasteiger partial charge in [-0.1, -0.05) is 42.5 Å². The van der Waals surface area contributed by atoms with E-state index in [0.29, 0.717) is 31.1 Å². The molecule has 0 unspecified atom stereocenters. The van der Waals surface area contributed by atoms with Gasteiger partial charge in [0.1, 0.15) is 11.6 Å². The van der Waals surface area contributed by atoms with Crippen molar-refractivity contribution in [1.29, 1.82) is 0 Å². The zero-order valence-corrected chi connectivity index (χ0v) is 23.8. The molecule has 6 rings (SSSR count). The van der Waals surface area contributed by atoms with Gasteiger partial charge in [-0.3, -0.25) is 4.90 Å². The van der Waals surface area contributed by atoms with Crippen molar-refractivity contribution in [2.45, 2.75) is 24.3 Å². The van der Waals surface area contributed by atoms with Gasteiger partial charge in [0.2, 0.25) is 10.0 Å². The first-order valence-corrected chi connectivity index (χ1v) is 15.3. The molecule has 5 aromatic rings. The number of nitrogens with one attached hydrogen (secondary N) is 1. The quantitative estimate of drug-likeness (QED) is 0.279. The van der Waals surface area contributed by atoms with Crippen molar-refractivity contribution in [3.05, 3.63) is 109 Å². The van der Waals surface area contributed by atoms with Crippen LogP contribution in [0.3, 0.4) is 0 Å². The second-order valence-corrected chi connectivity index (χ2v) is 12.1. The summed E-state index contributed by atoms with van der Waals surface area (Å²) in [5.74, 6) is 1.56. The summed E-state index contributed by atoms with van der Waals surface area (Å²) in [6.45, 7) is 4.86. The maximum absolute atomic E-state index is 13.4. The normalized spacial score (nSPS) is 15.6. The van der Waals surface area contributed by atoms with Gasteiger partial charge in [0.25, 0.3) is 0 Å². The monoisotopic (exact) mass is 567 g/mol. The average molecular weight is 568 g/mol. The third kappa shape index (κ3) is 5.85. The summed E-state index contributed by atoms with van der Waals surface area (Å²) in [5, 5.41) is 8.73. The number of fused-ring (bicyclic) bond motifs is 1. The highest BCUT2D eigenvalue weighted by Crippen LogP contribution is 2.27. The van der Waals surface area contributed by atoms with Crippen LogP contribution in [0.2, 0.25) is 0 Å². The minimum atomic E-state index is -3.59. The summed E-state index contributed by atoms with van der Waals surface area (Å²) in [6, 6.07) is 27.1. The van der Waals surface area contributed by atoms with Gasteiger partial charge in [0.15, 0.2) is 0 Å². The van der Waals surface area contributed by atoms with Crippen molar-refractivity contribution in [1.82, 2.24) is 29.0 Å². The number of sulfonamides is 1. The summed E-state index contributed by atoms with van der Waals surface area (Å²) in [7, 11) is -3.59. The van der Waals surface area contributed by atoms with E-state index in [1.807, 2.05) is 42.6 Å². The Bertz CT molecular complexity index is 1700. The highest BCUT2D eigenvalue weighted by Gasteiger charge is 2.31. The van der Waals surface area contributed by atoms with E-state index >= 15 is 0 Å². The van der Waals surface area contributed by atoms with Crippen molar-refractivity contribution in [3.63, 3.8) is 0 Å². The molecular weight excluding hydrogens is 534 g/mol. The van der Waals surface area contributed by atoms with Gasteiger partial charge >= 0.3 is 0 Å². The number of anilines is 1. The van der Waals surface area contributed by atoms with Crippen molar-refractivity contribution >= 4 is 26.7 Å². The Morgan fingerprint density at radius 3 is 2.32 bits per heavy atom. The lowest BCUT2D eigenvalue weighted by atomic mass is 10.1. The van der Waals surface area contributed by atoms with Crippen LogP contribution in [-0.4, -0.2) is 70.1 Å². The Kier molecular flexibility index (Phi) is 7.78. The first-order chi connectivity index (χ1) is 20.0. The lowest BCUT2D eigenvalue weighted by molar-refractivity contribution is 0.141. The number of aromatic nitrogens is 4. The lowest BCUT2D eigenvalue weighted by Gasteiger charge is -2.36. The summed E-state index contributed by atoms with van der Waals surface area (Å²) in [6.07, 6.45) is 4.41. The molecule has 1 atom stereocenters. The summed E-state index contributed by atoms with van der Waals surface area (Å²) < 4.78 is 30.0. The van der Waals surface area contributed by atoms with Gasteiger partial charge in [-0.05, 0) is 61.4 Å². The van der Waals surface area contributed by atoms with E-state index < -0.39 is 10.0 Å². The minimum Gasteiger partial charge on any atom is -0.369 e. The molecule has 0 amide bonds. The molecule has 3 aromatic carbocycles. The Labute approximate surface area is 240 Å². The van der Waals surface area contributed by atoms with Crippen molar-refractivity contribution in [2.75, 3.05) is 38.0 Å². The SMILES string of the molecule is C[C@H](c1nc(NCCc2ccccc2)c2ccccc2n1)N1CCN(S(=O)(=O)c2ccc(-n3cccn3)cc2)CC1. The Morgan fingerprint density at radius 1 is 0.854 bits per heavy atom. The molecule has 10 heteroatoms. The fourth-order valence-corrected chi connectivity index (χ4v) is 6.64. The van der Waals surface area contributed by atoms with Gasteiger partial charge in [-0.25, -0.2) is 23.1 Å². The molecule has 210 valence electrons. The topological polar surface area (TPSA) is 96.3 Å². The molecule has 1 aliphatic rings. The highest BCUT2D eigenvalue weighted by atomic mass is 32.2. The van der Waals surface area contributed by atoms with Gasteiger partial charge in [-0.15, -0.1) is 0 Å². The predicted molar refractivity (Wildman–Crippen MR) is 160 cm³/mol. The fourth-order valence-electron chi connectivity index (χ4n) is 5.22. The summed E-state index contributed by atoms with van der Waals surface area (Å²) >= 11 is 0. The molecule has 0 aliphatic carbocycles. The standard InChI is InChI=1S/C31H33N7O2S/c1-24(30-34-29-11-6-5-10-28(29)31(35-30)32-18-16-25-8-3-2-4-9-25)36-20-22-37(23-21-36)41(39,40)27-14-12-26(13-15-27)38-19-7-17-33-38/h2-15,17,19,24H,16,18,20-23H2,1H3,(H,32,34,35)/t24-/m1/s1.